The van der Waals surface area contributed by atoms with Crippen molar-refractivity contribution in [2.75, 3.05) is 0 Å². The Morgan fingerprint density at radius 3 is 2.29 bits per heavy atom. The van der Waals surface area contributed by atoms with Crippen molar-refractivity contribution in [1.29, 1.82) is 0 Å². The van der Waals surface area contributed by atoms with Crippen LogP contribution in [0.4, 0.5) is 0 Å². The molecule has 1 fully saturated rings. The third-order valence-corrected chi connectivity index (χ3v) is 6.71. The molecule has 2 N–H and O–H groups in total. The summed E-state index contributed by atoms with van der Waals surface area (Å²) in [6, 6.07) is 14.5. The number of hydrogen-bond donors (Lipinski definition) is 2. The summed E-state index contributed by atoms with van der Waals surface area (Å²) < 4.78 is 28.2. The summed E-state index contributed by atoms with van der Waals surface area (Å²) in [5.41, 5.74) is 0.894. The molecule has 150 valence electrons. The Kier molecular flexibility index (Phi) is 7.10. The molecule has 0 bridgehead atoms. The van der Waals surface area contributed by atoms with Gasteiger partial charge in [0.2, 0.25) is 15.9 Å². The zero-order valence-electron chi connectivity index (χ0n) is 15.6. The Balaban J connectivity index is 1.78. The van der Waals surface area contributed by atoms with Crippen LogP contribution in [-0.2, 0) is 21.2 Å². The van der Waals surface area contributed by atoms with E-state index in [0.717, 1.165) is 31.2 Å². The van der Waals surface area contributed by atoms with E-state index in [9.17, 15) is 13.2 Å². The monoisotopic (exact) mass is 420 g/mol. The number of rotatable bonds is 7. The van der Waals surface area contributed by atoms with E-state index >= 15 is 0 Å². The van der Waals surface area contributed by atoms with E-state index in [1.54, 1.807) is 0 Å². The highest BCUT2D eigenvalue weighted by Gasteiger charge is 2.28. The Morgan fingerprint density at radius 2 is 1.64 bits per heavy atom. The van der Waals surface area contributed by atoms with Gasteiger partial charge in [-0.3, -0.25) is 4.79 Å². The zero-order valence-corrected chi connectivity index (χ0v) is 17.2. The minimum Gasteiger partial charge on any atom is -0.352 e. The van der Waals surface area contributed by atoms with Crippen molar-refractivity contribution in [1.82, 2.24) is 10.0 Å². The van der Waals surface area contributed by atoms with E-state index in [1.807, 2.05) is 30.3 Å². The van der Waals surface area contributed by atoms with E-state index < -0.39 is 16.1 Å². The SMILES string of the molecule is O=C(NC1CCCCC1)C(Cc1ccccc1)NS(=O)(=O)c1ccc(Cl)cc1. The molecule has 28 heavy (non-hydrogen) atoms. The summed E-state index contributed by atoms with van der Waals surface area (Å²) in [5.74, 6) is -0.284. The number of sulfonamides is 1. The summed E-state index contributed by atoms with van der Waals surface area (Å²) >= 11 is 5.85. The van der Waals surface area contributed by atoms with Gasteiger partial charge in [-0.05, 0) is 49.1 Å². The fraction of sp³-hybridized carbons (Fsp3) is 0.381. The topological polar surface area (TPSA) is 75.3 Å². The van der Waals surface area contributed by atoms with E-state index in [2.05, 4.69) is 10.0 Å². The normalized spacial score (nSPS) is 16.5. The fourth-order valence-corrected chi connectivity index (χ4v) is 4.78. The molecule has 1 unspecified atom stereocenters. The van der Waals surface area contributed by atoms with Gasteiger partial charge in [0.15, 0.2) is 0 Å². The van der Waals surface area contributed by atoms with E-state index in [0.29, 0.717) is 5.02 Å². The van der Waals surface area contributed by atoms with Crippen LogP contribution in [0.5, 0.6) is 0 Å². The second kappa shape index (κ2) is 9.54. The quantitative estimate of drug-likeness (QED) is 0.717. The first-order valence-electron chi connectivity index (χ1n) is 9.56. The molecule has 0 saturated heterocycles. The smallest absolute Gasteiger partial charge is 0.241 e. The average molecular weight is 421 g/mol. The van der Waals surface area contributed by atoms with Gasteiger partial charge in [0.25, 0.3) is 0 Å². The maximum Gasteiger partial charge on any atom is 0.241 e. The highest BCUT2D eigenvalue weighted by atomic mass is 35.5. The minimum absolute atomic E-state index is 0.0837. The molecule has 5 nitrogen and oxygen atoms in total. The molecule has 0 aromatic heterocycles. The minimum atomic E-state index is -3.85. The van der Waals surface area contributed by atoms with Crippen LogP contribution in [0, 0.1) is 0 Å². The Bertz CT molecular complexity index is 880. The summed E-state index contributed by atoms with van der Waals surface area (Å²) in [7, 11) is -3.85. The van der Waals surface area contributed by atoms with Crippen LogP contribution in [-0.4, -0.2) is 26.4 Å². The third-order valence-electron chi connectivity index (χ3n) is 4.97. The van der Waals surface area contributed by atoms with Crippen molar-refractivity contribution in [3.05, 3.63) is 65.2 Å². The first-order valence-corrected chi connectivity index (χ1v) is 11.4. The molecule has 0 aliphatic heterocycles. The highest BCUT2D eigenvalue weighted by Crippen LogP contribution is 2.19. The molecule has 1 aliphatic carbocycles. The van der Waals surface area contributed by atoms with Gasteiger partial charge in [-0.2, -0.15) is 4.72 Å². The van der Waals surface area contributed by atoms with Crippen LogP contribution in [0.3, 0.4) is 0 Å². The van der Waals surface area contributed by atoms with Gasteiger partial charge in [0.05, 0.1) is 4.90 Å². The predicted octanol–water partition coefficient (Wildman–Crippen LogP) is 3.68. The molecule has 7 heteroatoms. The van der Waals surface area contributed by atoms with Crippen LogP contribution in [0.1, 0.15) is 37.7 Å². The van der Waals surface area contributed by atoms with Crippen molar-refractivity contribution in [3.63, 3.8) is 0 Å². The molecule has 1 saturated carbocycles. The summed E-state index contributed by atoms with van der Waals surface area (Å²) in [6.45, 7) is 0. The number of carbonyl (C=O) groups is 1. The molecule has 0 heterocycles. The summed E-state index contributed by atoms with van der Waals surface area (Å²) in [5, 5.41) is 3.49. The van der Waals surface area contributed by atoms with Gasteiger partial charge in [-0.1, -0.05) is 61.2 Å². The van der Waals surface area contributed by atoms with Crippen LogP contribution in [0.15, 0.2) is 59.5 Å². The van der Waals surface area contributed by atoms with Gasteiger partial charge in [0, 0.05) is 11.1 Å². The van der Waals surface area contributed by atoms with E-state index in [-0.39, 0.29) is 23.3 Å². The predicted molar refractivity (Wildman–Crippen MR) is 111 cm³/mol. The Hall–Kier alpha value is -1.89. The molecule has 0 spiro atoms. The van der Waals surface area contributed by atoms with Crippen molar-refractivity contribution in [2.24, 2.45) is 0 Å². The zero-order chi connectivity index (χ0) is 20.0. The highest BCUT2D eigenvalue weighted by molar-refractivity contribution is 7.89. The van der Waals surface area contributed by atoms with Gasteiger partial charge in [-0.25, -0.2) is 8.42 Å². The fourth-order valence-electron chi connectivity index (χ4n) is 3.46. The van der Waals surface area contributed by atoms with Gasteiger partial charge in [-0.15, -0.1) is 0 Å². The molecule has 1 aliphatic rings. The number of benzene rings is 2. The lowest BCUT2D eigenvalue weighted by Gasteiger charge is -2.26. The lowest BCUT2D eigenvalue weighted by molar-refractivity contribution is -0.123. The van der Waals surface area contributed by atoms with Crippen LogP contribution in [0.25, 0.3) is 0 Å². The molecule has 2 aromatic rings. The van der Waals surface area contributed by atoms with Crippen LogP contribution in [0.2, 0.25) is 5.02 Å². The first-order chi connectivity index (χ1) is 13.4. The molecule has 0 radical (unpaired) electrons. The van der Waals surface area contributed by atoms with Gasteiger partial charge in [0.1, 0.15) is 6.04 Å². The molecule has 1 atom stereocenters. The van der Waals surface area contributed by atoms with Gasteiger partial charge < -0.3 is 5.32 Å². The number of carbonyl (C=O) groups excluding carboxylic acids is 1. The number of halogens is 1. The number of hydrogen-bond acceptors (Lipinski definition) is 3. The Labute approximate surface area is 171 Å². The maximum atomic E-state index is 12.9. The largest absolute Gasteiger partial charge is 0.352 e. The standard InChI is InChI=1S/C21H25ClN2O3S/c22-17-11-13-19(14-12-17)28(26,27)24-20(15-16-7-3-1-4-8-16)21(25)23-18-9-5-2-6-10-18/h1,3-4,7-8,11-14,18,20,24H,2,5-6,9-10,15H2,(H,23,25). The van der Waals surface area contributed by atoms with Crippen LogP contribution >= 0.6 is 11.6 Å². The second-order valence-electron chi connectivity index (χ2n) is 7.16. The van der Waals surface area contributed by atoms with Crippen LogP contribution < -0.4 is 10.0 Å². The maximum absolute atomic E-state index is 12.9. The average Bonchev–Trinajstić information content (AvgIpc) is 2.69. The Morgan fingerprint density at radius 1 is 1.00 bits per heavy atom. The van der Waals surface area contributed by atoms with Gasteiger partial charge >= 0.3 is 0 Å². The first kappa shape index (κ1) is 20.8. The second-order valence-corrected chi connectivity index (χ2v) is 9.31. The lowest BCUT2D eigenvalue weighted by Crippen LogP contribution is -2.50. The molecule has 2 aromatic carbocycles. The lowest BCUT2D eigenvalue weighted by atomic mass is 9.95. The summed E-state index contributed by atoms with van der Waals surface area (Å²) in [4.78, 5) is 13.0. The summed E-state index contributed by atoms with van der Waals surface area (Å²) in [6.07, 6.45) is 5.52. The van der Waals surface area contributed by atoms with Crippen molar-refractivity contribution >= 4 is 27.5 Å². The molecule has 1 amide bonds. The van der Waals surface area contributed by atoms with Crippen molar-refractivity contribution in [2.45, 2.75) is 55.5 Å². The van der Waals surface area contributed by atoms with Crippen molar-refractivity contribution in [3.8, 4) is 0 Å². The molecular formula is C21H25ClN2O3S. The molecule has 3 rings (SSSR count). The third kappa shape index (κ3) is 5.80. The van der Waals surface area contributed by atoms with E-state index in [4.69, 9.17) is 11.6 Å². The van der Waals surface area contributed by atoms with E-state index in [1.165, 1.54) is 30.7 Å². The number of amides is 1. The van der Waals surface area contributed by atoms with Crippen molar-refractivity contribution < 1.29 is 13.2 Å². The molecular weight excluding hydrogens is 396 g/mol. The number of nitrogens with one attached hydrogen (secondary N) is 2.